The van der Waals surface area contributed by atoms with Crippen LogP contribution in [-0.4, -0.2) is 27.7 Å². The molecule has 3 heteroatoms. The molecule has 0 aliphatic carbocycles. The summed E-state index contributed by atoms with van der Waals surface area (Å²) in [5.74, 6) is 2.51. The van der Waals surface area contributed by atoms with Gasteiger partial charge in [-0.2, -0.15) is 0 Å². The highest BCUT2D eigenvalue weighted by Crippen LogP contribution is 2.35. The van der Waals surface area contributed by atoms with Crippen LogP contribution in [0, 0.1) is 0 Å². The van der Waals surface area contributed by atoms with Crippen LogP contribution in [0.4, 0.5) is 0 Å². The fourth-order valence-electron chi connectivity index (χ4n) is 1.07. The van der Waals surface area contributed by atoms with E-state index >= 15 is 0 Å². The third kappa shape index (κ3) is 1.08. The Bertz CT molecular complexity index is 135. The standard InChI is InChI=1S/C6H9NS2/c1-2-7-3-5-9-6(7)8-4-1/h1-2,6H,3-5H2. The van der Waals surface area contributed by atoms with Gasteiger partial charge in [-0.05, 0) is 6.20 Å². The maximum absolute atomic E-state index is 2.42. The lowest BCUT2D eigenvalue weighted by Crippen LogP contribution is -2.22. The third-order valence-electron chi connectivity index (χ3n) is 1.51. The van der Waals surface area contributed by atoms with Crippen LogP contribution < -0.4 is 0 Å². The monoisotopic (exact) mass is 159 g/mol. The molecule has 0 aromatic rings. The molecular formula is C6H9NS2. The molecule has 2 rings (SSSR count). The summed E-state index contributed by atoms with van der Waals surface area (Å²) in [6, 6.07) is 0. The van der Waals surface area contributed by atoms with Crippen LogP contribution in [0.1, 0.15) is 0 Å². The average Bonchev–Trinajstić information content (AvgIpc) is 2.33. The SMILES string of the molecule is C1=CN2CCSC2SC1. The topological polar surface area (TPSA) is 3.24 Å². The Hall–Kier alpha value is 0.240. The van der Waals surface area contributed by atoms with Crippen molar-refractivity contribution < 1.29 is 0 Å². The van der Waals surface area contributed by atoms with Crippen molar-refractivity contribution in [2.24, 2.45) is 0 Å². The Balaban J connectivity index is 2.10. The van der Waals surface area contributed by atoms with Gasteiger partial charge in [-0.25, -0.2) is 0 Å². The molecule has 0 amide bonds. The highest BCUT2D eigenvalue weighted by molar-refractivity contribution is 8.17. The van der Waals surface area contributed by atoms with Gasteiger partial charge >= 0.3 is 0 Å². The minimum absolute atomic E-state index is 0.745. The van der Waals surface area contributed by atoms with Crippen LogP contribution in [0.5, 0.6) is 0 Å². The van der Waals surface area contributed by atoms with Gasteiger partial charge in [-0.15, -0.1) is 23.5 Å². The summed E-state index contributed by atoms with van der Waals surface area (Å²) in [6.45, 7) is 1.25. The molecule has 1 nitrogen and oxygen atoms in total. The fraction of sp³-hybridized carbons (Fsp3) is 0.667. The molecule has 0 radical (unpaired) electrons. The molecule has 1 atom stereocenters. The summed E-state index contributed by atoms with van der Waals surface area (Å²) in [5, 5.41) is 0. The van der Waals surface area contributed by atoms with Crippen LogP contribution in [0.25, 0.3) is 0 Å². The second-order valence-corrected chi connectivity index (χ2v) is 4.73. The molecule has 0 saturated carbocycles. The smallest absolute Gasteiger partial charge is 0.122 e. The Kier molecular flexibility index (Phi) is 1.64. The van der Waals surface area contributed by atoms with Crippen LogP contribution in [0.15, 0.2) is 12.3 Å². The number of rotatable bonds is 0. The minimum atomic E-state index is 0.745. The van der Waals surface area contributed by atoms with Crippen LogP contribution in [0.3, 0.4) is 0 Å². The van der Waals surface area contributed by atoms with Crippen molar-refractivity contribution >= 4 is 23.5 Å². The zero-order valence-electron chi connectivity index (χ0n) is 5.12. The van der Waals surface area contributed by atoms with Crippen LogP contribution in [0.2, 0.25) is 0 Å². The van der Waals surface area contributed by atoms with E-state index in [-0.39, 0.29) is 0 Å². The van der Waals surface area contributed by atoms with Crippen molar-refractivity contribution in [2.75, 3.05) is 18.1 Å². The molecule has 50 valence electrons. The average molecular weight is 159 g/mol. The Morgan fingerprint density at radius 2 is 2.44 bits per heavy atom. The van der Waals surface area contributed by atoms with Crippen molar-refractivity contribution in [1.82, 2.24) is 4.90 Å². The molecule has 2 heterocycles. The summed E-state index contributed by atoms with van der Waals surface area (Å²) in [7, 11) is 0. The second kappa shape index (κ2) is 2.46. The lowest BCUT2D eigenvalue weighted by molar-refractivity contribution is 0.463. The van der Waals surface area contributed by atoms with Gasteiger partial charge in [-0.3, -0.25) is 0 Å². The van der Waals surface area contributed by atoms with E-state index in [1.54, 1.807) is 0 Å². The lowest BCUT2D eigenvalue weighted by atomic mass is 10.6. The van der Waals surface area contributed by atoms with Gasteiger partial charge in [0.2, 0.25) is 0 Å². The first kappa shape index (κ1) is 5.98. The molecule has 1 saturated heterocycles. The third-order valence-corrected chi connectivity index (χ3v) is 4.24. The maximum atomic E-state index is 2.42. The van der Waals surface area contributed by atoms with E-state index in [1.807, 2.05) is 11.8 Å². The molecule has 1 fully saturated rings. The first-order chi connectivity index (χ1) is 4.47. The summed E-state index contributed by atoms with van der Waals surface area (Å²) in [6.07, 6.45) is 4.48. The van der Waals surface area contributed by atoms with Gasteiger partial charge in [0.1, 0.15) is 4.71 Å². The normalized spacial score (nSPS) is 32.9. The van der Waals surface area contributed by atoms with E-state index in [0.29, 0.717) is 0 Å². The lowest BCUT2D eigenvalue weighted by Gasteiger charge is -2.23. The molecule has 0 N–H and O–H groups in total. The molecule has 0 bridgehead atoms. The molecular weight excluding hydrogens is 150 g/mol. The van der Waals surface area contributed by atoms with Gasteiger partial charge < -0.3 is 4.90 Å². The number of nitrogens with zero attached hydrogens (tertiary/aromatic N) is 1. The number of hydrogen-bond donors (Lipinski definition) is 0. The summed E-state index contributed by atoms with van der Waals surface area (Å²) < 4.78 is 0.745. The Morgan fingerprint density at radius 1 is 1.44 bits per heavy atom. The largest absolute Gasteiger partial charge is 0.357 e. The molecule has 2 aliphatic heterocycles. The van der Waals surface area contributed by atoms with Crippen LogP contribution in [-0.2, 0) is 0 Å². The number of thioether (sulfide) groups is 2. The first-order valence-corrected chi connectivity index (χ1v) is 5.22. The quantitative estimate of drug-likeness (QED) is 0.528. The highest BCUT2D eigenvalue weighted by atomic mass is 32.2. The molecule has 2 aliphatic rings. The minimum Gasteiger partial charge on any atom is -0.357 e. The summed E-state index contributed by atoms with van der Waals surface area (Å²) in [5.41, 5.74) is 0. The summed E-state index contributed by atoms with van der Waals surface area (Å²) >= 11 is 4.10. The van der Waals surface area contributed by atoms with Crippen molar-refractivity contribution in [3.63, 3.8) is 0 Å². The number of fused-ring (bicyclic) bond motifs is 1. The fourth-order valence-corrected chi connectivity index (χ4v) is 3.59. The van der Waals surface area contributed by atoms with Crippen molar-refractivity contribution in [2.45, 2.75) is 4.71 Å². The van der Waals surface area contributed by atoms with E-state index in [2.05, 4.69) is 28.9 Å². The Morgan fingerprint density at radius 3 is 3.33 bits per heavy atom. The van der Waals surface area contributed by atoms with E-state index in [9.17, 15) is 0 Å². The molecule has 0 aromatic carbocycles. The van der Waals surface area contributed by atoms with Gasteiger partial charge in [-0.1, -0.05) is 6.08 Å². The van der Waals surface area contributed by atoms with Gasteiger partial charge in [0.15, 0.2) is 0 Å². The zero-order chi connectivity index (χ0) is 6.10. The zero-order valence-corrected chi connectivity index (χ0v) is 6.75. The van der Waals surface area contributed by atoms with E-state index in [0.717, 1.165) is 4.71 Å². The molecule has 0 aromatic heterocycles. The van der Waals surface area contributed by atoms with Gasteiger partial charge in [0.05, 0.1) is 0 Å². The molecule has 1 unspecified atom stereocenters. The van der Waals surface area contributed by atoms with Gasteiger partial charge in [0.25, 0.3) is 0 Å². The van der Waals surface area contributed by atoms with E-state index in [1.165, 1.54) is 18.1 Å². The van der Waals surface area contributed by atoms with E-state index in [4.69, 9.17) is 0 Å². The maximum Gasteiger partial charge on any atom is 0.122 e. The second-order valence-electron chi connectivity index (χ2n) is 2.13. The van der Waals surface area contributed by atoms with Crippen molar-refractivity contribution in [3.8, 4) is 0 Å². The Labute approximate surface area is 63.9 Å². The predicted molar refractivity (Wildman–Crippen MR) is 44.6 cm³/mol. The molecule has 9 heavy (non-hydrogen) atoms. The predicted octanol–water partition coefficient (Wildman–Crippen LogP) is 1.58. The van der Waals surface area contributed by atoms with Crippen molar-refractivity contribution in [1.29, 1.82) is 0 Å². The first-order valence-electron chi connectivity index (χ1n) is 3.12. The molecule has 0 spiro atoms. The van der Waals surface area contributed by atoms with Gasteiger partial charge in [0, 0.05) is 18.1 Å². The number of hydrogen-bond acceptors (Lipinski definition) is 3. The highest BCUT2D eigenvalue weighted by Gasteiger charge is 2.23. The summed E-state index contributed by atoms with van der Waals surface area (Å²) in [4.78, 5) is 2.42. The van der Waals surface area contributed by atoms with E-state index < -0.39 is 0 Å². The van der Waals surface area contributed by atoms with Crippen LogP contribution >= 0.6 is 23.5 Å². The van der Waals surface area contributed by atoms with Crippen molar-refractivity contribution in [3.05, 3.63) is 12.3 Å².